The number of nitrogens with one attached hydrogen (secondary N) is 1. The van der Waals surface area contributed by atoms with E-state index in [-0.39, 0.29) is 32.1 Å². The summed E-state index contributed by atoms with van der Waals surface area (Å²) in [6.45, 7) is 4.58. The van der Waals surface area contributed by atoms with Crippen molar-refractivity contribution in [3.8, 4) is 5.75 Å². The maximum atomic E-state index is 11.5. The Hall–Kier alpha value is -1.12. The minimum Gasteiger partial charge on any atom is -0.872 e. The van der Waals surface area contributed by atoms with E-state index in [0.717, 1.165) is 10.2 Å². The smallest absolute Gasteiger partial charge is 0.0629 e. The maximum absolute atomic E-state index is 11.5. The van der Waals surface area contributed by atoms with Crippen LogP contribution in [-0.4, -0.2) is 32.5 Å². The molecule has 29 heavy (non-hydrogen) atoms. The molecule has 0 bridgehead atoms. The summed E-state index contributed by atoms with van der Waals surface area (Å²) in [5.41, 5.74) is 3.82. The van der Waals surface area contributed by atoms with Crippen LogP contribution in [0.15, 0.2) is 63.1 Å². The molecule has 0 heterocycles. The molecule has 2 aromatic rings. The first-order valence-electron chi connectivity index (χ1n) is 9.83. The molecule has 0 atom stereocenters. The summed E-state index contributed by atoms with van der Waals surface area (Å²) in [7, 11) is 0. The van der Waals surface area contributed by atoms with Crippen molar-refractivity contribution >= 4 is 66.8 Å². The molecule has 0 amide bonds. The van der Waals surface area contributed by atoms with E-state index < -0.39 is 0 Å². The van der Waals surface area contributed by atoms with E-state index >= 15 is 0 Å². The van der Waals surface area contributed by atoms with Crippen LogP contribution in [0.3, 0.4) is 0 Å². The third-order valence-electron chi connectivity index (χ3n) is 3.74. The Morgan fingerprint density at radius 1 is 1.10 bits per heavy atom. The van der Waals surface area contributed by atoms with Crippen molar-refractivity contribution in [2.24, 2.45) is 10.1 Å². The number of unbranched alkanes of at least 4 members (excludes halogenated alkanes) is 2. The molecule has 7 heteroatoms. The zero-order valence-electron chi connectivity index (χ0n) is 17.0. The Bertz CT molecular complexity index is 751. The van der Waals surface area contributed by atoms with Crippen molar-refractivity contribution in [1.29, 1.82) is 0 Å². The van der Waals surface area contributed by atoms with Gasteiger partial charge in [0, 0.05) is 9.64 Å². The van der Waals surface area contributed by atoms with Crippen LogP contribution in [-0.2, 0) is 12.6 Å². The SMILES string of the molecule is CCC[CH2][Sn+2][CH2]CCC.[O-]c1ccc(Br)cc1/C=N/NC([S-])=Nc1ccccc1. The fourth-order valence-corrected chi connectivity index (χ4v) is 6.85. The molecule has 2 aromatic carbocycles. The fourth-order valence-electron chi connectivity index (χ4n) is 2.15. The normalized spacial score (nSPS) is 10.9. The molecular weight excluding hydrogens is 553 g/mol. The molecule has 0 aliphatic carbocycles. The van der Waals surface area contributed by atoms with Gasteiger partial charge in [0.25, 0.3) is 0 Å². The van der Waals surface area contributed by atoms with Gasteiger partial charge in [0.1, 0.15) is 0 Å². The zero-order valence-corrected chi connectivity index (χ0v) is 22.3. The summed E-state index contributed by atoms with van der Waals surface area (Å²) < 4.78 is 4.06. The first kappa shape index (κ1) is 25.9. The van der Waals surface area contributed by atoms with E-state index in [0.29, 0.717) is 5.56 Å². The van der Waals surface area contributed by atoms with E-state index in [1.807, 2.05) is 30.3 Å². The minimum absolute atomic E-state index is 0.107. The van der Waals surface area contributed by atoms with Gasteiger partial charge in [-0.25, -0.2) is 0 Å². The topological polar surface area (TPSA) is 59.8 Å². The van der Waals surface area contributed by atoms with Crippen LogP contribution in [0.1, 0.15) is 45.1 Å². The summed E-state index contributed by atoms with van der Waals surface area (Å²) in [4.78, 5) is 4.15. The molecule has 0 unspecified atom stereocenters. The molecule has 0 saturated heterocycles. The minimum atomic E-state index is -0.107. The van der Waals surface area contributed by atoms with Gasteiger partial charge >= 0.3 is 69.5 Å². The van der Waals surface area contributed by atoms with Crippen molar-refractivity contribution < 1.29 is 5.11 Å². The number of aliphatic imine (C=N–C) groups is 1. The van der Waals surface area contributed by atoms with E-state index in [9.17, 15) is 5.11 Å². The number of nitrogens with zero attached hydrogens (tertiary/aromatic N) is 2. The second kappa shape index (κ2) is 16.7. The third-order valence-corrected chi connectivity index (χ3v) is 8.45. The molecule has 0 aliphatic heterocycles. The first-order chi connectivity index (χ1) is 14.1. The van der Waals surface area contributed by atoms with E-state index in [1.54, 1.807) is 21.0 Å². The van der Waals surface area contributed by atoms with Gasteiger partial charge in [-0.05, 0) is 29.8 Å². The van der Waals surface area contributed by atoms with Crippen LogP contribution in [0.25, 0.3) is 0 Å². The van der Waals surface area contributed by atoms with Crippen molar-refractivity contribution in [3.05, 3.63) is 58.6 Å². The van der Waals surface area contributed by atoms with Gasteiger partial charge in [0.15, 0.2) is 0 Å². The number of hydrazone groups is 1. The van der Waals surface area contributed by atoms with E-state index in [1.165, 1.54) is 38.0 Å². The molecule has 4 nitrogen and oxygen atoms in total. The van der Waals surface area contributed by atoms with Gasteiger partial charge in [-0.15, -0.1) is 0 Å². The van der Waals surface area contributed by atoms with Crippen LogP contribution in [0.4, 0.5) is 5.69 Å². The van der Waals surface area contributed by atoms with Crippen molar-refractivity contribution in [3.63, 3.8) is 0 Å². The Labute approximate surface area is 199 Å². The fraction of sp³-hybridized carbons (Fsp3) is 0.364. The number of para-hydroxylation sites is 1. The second-order valence-electron chi connectivity index (χ2n) is 6.26. The van der Waals surface area contributed by atoms with Crippen LogP contribution in [0.5, 0.6) is 5.75 Å². The Kier molecular flexibility index (Phi) is 14.9. The standard InChI is InChI=1S/C14H12BrN3OS.2C4H9.Sn/c15-11-6-7-13(19)10(8-11)9-16-18-14(20)17-12-4-2-1-3-5-12;2*1-3-4-2;/h1-9,19H,(H2,17,18,20);2*1,3-4H2,2H3;/q;;;+2/p-2/b16-9+;;;. The monoisotopic (exact) mass is 581 g/mol. The molecule has 0 spiro atoms. The molecule has 0 fully saturated rings. The summed E-state index contributed by atoms with van der Waals surface area (Å²) >= 11 is 8.48. The summed E-state index contributed by atoms with van der Waals surface area (Å²) in [5, 5.41) is 15.7. The maximum Gasteiger partial charge on any atom is 0.0629 e. The molecule has 0 saturated carbocycles. The summed E-state index contributed by atoms with van der Waals surface area (Å²) in [5.74, 6) is -0.107. The van der Waals surface area contributed by atoms with Crippen molar-refractivity contribution in [2.45, 2.75) is 48.4 Å². The van der Waals surface area contributed by atoms with Gasteiger partial charge in [0.2, 0.25) is 0 Å². The first-order valence-corrected chi connectivity index (χ1v) is 15.1. The van der Waals surface area contributed by atoms with Crippen LogP contribution in [0, 0.1) is 0 Å². The number of amidine groups is 1. The Balaban J connectivity index is 0.000000396. The number of rotatable bonds is 9. The van der Waals surface area contributed by atoms with Gasteiger partial charge < -0.3 is 17.7 Å². The molecule has 0 radical (unpaired) electrons. The Morgan fingerprint density at radius 2 is 1.76 bits per heavy atom. The predicted octanol–water partition coefficient (Wildman–Crippen LogP) is 5.81. The van der Waals surface area contributed by atoms with Gasteiger partial charge in [-0.3, -0.25) is 10.4 Å². The predicted molar refractivity (Wildman–Crippen MR) is 130 cm³/mol. The van der Waals surface area contributed by atoms with Gasteiger partial charge in [-0.2, -0.15) is 5.10 Å². The number of benzene rings is 2. The zero-order chi connectivity index (χ0) is 21.3. The molecule has 0 aliphatic rings. The van der Waals surface area contributed by atoms with Gasteiger partial charge in [-0.1, -0.05) is 45.9 Å². The molecular formula is C22H28BrN3OSSn. The Morgan fingerprint density at radius 3 is 2.38 bits per heavy atom. The summed E-state index contributed by atoms with van der Waals surface area (Å²) in [6, 6.07) is 14.2. The second-order valence-corrected chi connectivity index (χ2v) is 11.8. The third kappa shape index (κ3) is 12.9. The largest absolute Gasteiger partial charge is 0.872 e. The van der Waals surface area contributed by atoms with E-state index in [2.05, 4.69) is 45.3 Å². The van der Waals surface area contributed by atoms with Crippen LogP contribution < -0.4 is 10.5 Å². The quantitative estimate of drug-likeness (QED) is 0.102. The van der Waals surface area contributed by atoms with Crippen LogP contribution >= 0.6 is 15.9 Å². The molecule has 2 rings (SSSR count). The molecule has 1 N–H and O–H groups in total. The number of hydrogen-bond donors (Lipinski definition) is 1. The number of hydrogen-bond acceptors (Lipinski definition) is 4. The van der Waals surface area contributed by atoms with Crippen molar-refractivity contribution in [1.82, 2.24) is 5.43 Å². The average molecular weight is 581 g/mol. The van der Waals surface area contributed by atoms with Crippen LogP contribution in [0.2, 0.25) is 8.87 Å². The van der Waals surface area contributed by atoms with E-state index in [4.69, 9.17) is 12.6 Å². The van der Waals surface area contributed by atoms with Crippen molar-refractivity contribution in [2.75, 3.05) is 0 Å². The molecule has 0 aromatic heterocycles. The number of halogens is 1. The van der Waals surface area contributed by atoms with Gasteiger partial charge in [0.05, 0.1) is 11.9 Å². The molecule has 154 valence electrons. The summed E-state index contributed by atoms with van der Waals surface area (Å²) in [6.07, 6.45) is 7.26. The average Bonchev–Trinajstić information content (AvgIpc) is 2.72.